The summed E-state index contributed by atoms with van der Waals surface area (Å²) in [6, 6.07) is 0. The molecule has 1 aliphatic heterocycles. The first kappa shape index (κ1) is 37.6. The van der Waals surface area contributed by atoms with Crippen molar-refractivity contribution in [1.29, 1.82) is 0 Å². The highest BCUT2D eigenvalue weighted by molar-refractivity contribution is 5.69. The molecule has 1 N–H and O–H groups in total. The van der Waals surface area contributed by atoms with Crippen LogP contribution in [0.5, 0.6) is 0 Å². The normalized spacial score (nSPS) is 25.3. The van der Waals surface area contributed by atoms with Gasteiger partial charge in [0.15, 0.2) is 6.29 Å². The number of halogens is 2. The number of alkyl halides is 2. The lowest BCUT2D eigenvalue weighted by molar-refractivity contribution is -0.193. The van der Waals surface area contributed by atoms with E-state index in [1.165, 1.54) is 13.0 Å². The minimum Gasteiger partial charge on any atom is -0.463 e. The number of rotatable bonds is 21. The van der Waals surface area contributed by atoms with E-state index in [9.17, 15) is 23.5 Å². The quantitative estimate of drug-likeness (QED) is 0.0792. The zero-order valence-corrected chi connectivity index (χ0v) is 27.1. The maximum atomic E-state index is 14.8. The molecule has 7 nitrogen and oxygen atoms in total. The summed E-state index contributed by atoms with van der Waals surface area (Å²) in [7, 11) is 0. The van der Waals surface area contributed by atoms with Crippen molar-refractivity contribution in [3.05, 3.63) is 12.2 Å². The molecule has 6 atom stereocenters. The van der Waals surface area contributed by atoms with Crippen molar-refractivity contribution in [2.24, 2.45) is 11.8 Å². The van der Waals surface area contributed by atoms with Crippen LogP contribution in [0.3, 0.4) is 0 Å². The van der Waals surface area contributed by atoms with Crippen LogP contribution in [0.4, 0.5) is 8.78 Å². The van der Waals surface area contributed by atoms with E-state index >= 15 is 0 Å². The van der Waals surface area contributed by atoms with Gasteiger partial charge in [0.25, 0.3) is 5.92 Å². The molecule has 0 aromatic carbocycles. The highest BCUT2D eigenvalue weighted by Crippen LogP contribution is 2.42. The first-order chi connectivity index (χ1) is 20.5. The SMILES string of the molecule is CCCCCCC(F)(F)C(O)C=C[C@@H]1[C@@H](CCCCCCCCC(=O)OC(C)C)[C@@H](OC(C)=O)C[C@H]1OC1CCCCO1. The standard InChI is InChI=1S/C34H58F2O7/c1-5-6-7-15-22-34(35,36)31(38)21-20-28-27(17-12-10-8-9-11-13-18-32(39)41-25(2)3)29(42-26(4)37)24-30(28)43-33-19-14-16-23-40-33/h20-21,25,27-31,33,38H,5-19,22-24H2,1-4H3/t27-,28-,29+,30-,31?,33?/m1/s1. The van der Waals surface area contributed by atoms with Crippen LogP contribution >= 0.6 is 0 Å². The Bertz CT molecular complexity index is 813. The molecule has 9 heteroatoms. The van der Waals surface area contributed by atoms with Crippen LogP contribution < -0.4 is 0 Å². The Labute approximate surface area is 258 Å². The van der Waals surface area contributed by atoms with E-state index in [0.29, 0.717) is 25.9 Å². The zero-order valence-electron chi connectivity index (χ0n) is 27.1. The third kappa shape index (κ3) is 14.8. The number of unbranched alkanes of at least 4 members (excludes halogenated alkanes) is 8. The lowest BCUT2D eigenvalue weighted by atomic mass is 9.87. The van der Waals surface area contributed by atoms with Gasteiger partial charge >= 0.3 is 11.9 Å². The number of esters is 2. The van der Waals surface area contributed by atoms with E-state index < -0.39 is 12.0 Å². The molecule has 2 fully saturated rings. The largest absolute Gasteiger partial charge is 0.463 e. The molecule has 1 saturated heterocycles. The molecule has 2 rings (SSSR count). The molecule has 0 bridgehead atoms. The fraction of sp³-hybridized carbons (Fsp3) is 0.882. The first-order valence-electron chi connectivity index (χ1n) is 16.9. The number of carbonyl (C=O) groups is 2. The van der Waals surface area contributed by atoms with Gasteiger partial charge in [-0.1, -0.05) is 70.4 Å². The van der Waals surface area contributed by atoms with Crippen LogP contribution in [0.1, 0.15) is 137 Å². The molecular formula is C34H58F2O7. The number of aliphatic hydroxyl groups excluding tert-OH is 1. The van der Waals surface area contributed by atoms with Gasteiger partial charge in [-0.3, -0.25) is 9.59 Å². The summed E-state index contributed by atoms with van der Waals surface area (Å²) in [6.07, 6.45) is 12.5. The number of carbonyl (C=O) groups excluding carboxylic acids is 2. The smallest absolute Gasteiger partial charge is 0.306 e. The summed E-state index contributed by atoms with van der Waals surface area (Å²) in [5, 5.41) is 10.5. The summed E-state index contributed by atoms with van der Waals surface area (Å²) >= 11 is 0. The van der Waals surface area contributed by atoms with Crippen molar-refractivity contribution in [3.8, 4) is 0 Å². The molecule has 0 aromatic rings. The molecule has 2 aliphatic rings. The van der Waals surface area contributed by atoms with Gasteiger partial charge in [0.2, 0.25) is 0 Å². The predicted octanol–water partition coefficient (Wildman–Crippen LogP) is 8.06. The molecule has 1 heterocycles. The van der Waals surface area contributed by atoms with Crippen LogP contribution in [0.15, 0.2) is 12.2 Å². The van der Waals surface area contributed by atoms with Crippen LogP contribution in [0.25, 0.3) is 0 Å². The molecule has 250 valence electrons. The topological polar surface area (TPSA) is 91.3 Å². The third-order valence-electron chi connectivity index (χ3n) is 8.50. The summed E-state index contributed by atoms with van der Waals surface area (Å²) in [5.41, 5.74) is 0. The summed E-state index contributed by atoms with van der Waals surface area (Å²) < 4.78 is 52.6. The first-order valence-corrected chi connectivity index (χ1v) is 16.9. The van der Waals surface area contributed by atoms with Crippen LogP contribution in [-0.4, -0.2) is 60.3 Å². The highest BCUT2D eigenvalue weighted by atomic mass is 19.3. The van der Waals surface area contributed by atoms with E-state index in [4.69, 9.17) is 18.9 Å². The second kappa shape index (κ2) is 20.5. The highest BCUT2D eigenvalue weighted by Gasteiger charge is 2.46. The summed E-state index contributed by atoms with van der Waals surface area (Å²) in [6.45, 7) is 7.73. The van der Waals surface area contributed by atoms with Crippen molar-refractivity contribution >= 4 is 11.9 Å². The lowest BCUT2D eigenvalue weighted by Crippen LogP contribution is -2.33. The minimum absolute atomic E-state index is 0.0898. The molecule has 1 saturated carbocycles. The maximum absolute atomic E-state index is 14.8. The van der Waals surface area contributed by atoms with E-state index in [0.717, 1.165) is 83.5 Å². The fourth-order valence-corrected chi connectivity index (χ4v) is 6.23. The molecule has 0 amide bonds. The predicted molar refractivity (Wildman–Crippen MR) is 163 cm³/mol. The molecular weight excluding hydrogens is 558 g/mol. The Morgan fingerprint density at radius 2 is 1.70 bits per heavy atom. The van der Waals surface area contributed by atoms with Gasteiger partial charge in [-0.25, -0.2) is 8.78 Å². The molecule has 0 spiro atoms. The van der Waals surface area contributed by atoms with Gasteiger partial charge < -0.3 is 24.1 Å². The van der Waals surface area contributed by atoms with Crippen molar-refractivity contribution < 1.29 is 42.4 Å². The maximum Gasteiger partial charge on any atom is 0.306 e. The van der Waals surface area contributed by atoms with Gasteiger partial charge in [0.05, 0.1) is 12.2 Å². The van der Waals surface area contributed by atoms with Crippen LogP contribution in [0, 0.1) is 11.8 Å². The van der Waals surface area contributed by atoms with E-state index in [1.807, 2.05) is 20.8 Å². The monoisotopic (exact) mass is 616 g/mol. The number of aliphatic hydroxyl groups is 1. The van der Waals surface area contributed by atoms with Gasteiger partial charge in [-0.15, -0.1) is 0 Å². The van der Waals surface area contributed by atoms with Crippen LogP contribution in [-0.2, 0) is 28.5 Å². The van der Waals surface area contributed by atoms with Crippen molar-refractivity contribution in [2.45, 2.75) is 173 Å². The molecule has 0 aromatic heterocycles. The Balaban J connectivity index is 2.01. The Hall–Kier alpha value is -1.58. The second-order valence-electron chi connectivity index (χ2n) is 12.7. The summed E-state index contributed by atoms with van der Waals surface area (Å²) in [5.74, 6) is -4.12. The number of hydrogen-bond donors (Lipinski definition) is 1. The number of ether oxygens (including phenoxy) is 4. The molecule has 43 heavy (non-hydrogen) atoms. The average Bonchev–Trinajstić information content (AvgIpc) is 3.25. The fourth-order valence-electron chi connectivity index (χ4n) is 6.23. The van der Waals surface area contributed by atoms with E-state index in [-0.39, 0.29) is 54.8 Å². The lowest BCUT2D eigenvalue weighted by Gasteiger charge is -2.29. The van der Waals surface area contributed by atoms with Crippen LogP contribution in [0.2, 0.25) is 0 Å². The zero-order chi connectivity index (χ0) is 31.7. The Morgan fingerprint density at radius 1 is 1.00 bits per heavy atom. The van der Waals surface area contributed by atoms with Gasteiger partial charge in [-0.2, -0.15) is 0 Å². The van der Waals surface area contributed by atoms with Gasteiger partial charge in [0, 0.05) is 44.6 Å². The average molecular weight is 617 g/mol. The minimum atomic E-state index is -3.21. The van der Waals surface area contributed by atoms with Crippen molar-refractivity contribution in [3.63, 3.8) is 0 Å². The third-order valence-corrected chi connectivity index (χ3v) is 8.50. The molecule has 0 radical (unpaired) electrons. The van der Waals surface area contributed by atoms with Gasteiger partial charge in [0.1, 0.15) is 12.2 Å². The van der Waals surface area contributed by atoms with Gasteiger partial charge in [-0.05, 0) is 52.4 Å². The van der Waals surface area contributed by atoms with Crippen molar-refractivity contribution in [2.75, 3.05) is 6.61 Å². The molecule has 2 unspecified atom stereocenters. The summed E-state index contributed by atoms with van der Waals surface area (Å²) in [4.78, 5) is 23.7. The molecule has 1 aliphatic carbocycles. The Morgan fingerprint density at radius 3 is 2.35 bits per heavy atom. The van der Waals surface area contributed by atoms with E-state index in [1.54, 1.807) is 6.08 Å². The number of hydrogen-bond acceptors (Lipinski definition) is 7. The van der Waals surface area contributed by atoms with Crippen molar-refractivity contribution in [1.82, 2.24) is 0 Å². The van der Waals surface area contributed by atoms with E-state index in [2.05, 4.69) is 0 Å². The second-order valence-corrected chi connectivity index (χ2v) is 12.7. The Kier molecular flexibility index (Phi) is 17.9.